The molecule has 0 spiro atoms. The Labute approximate surface area is 137 Å². The van der Waals surface area contributed by atoms with Gasteiger partial charge in [-0.1, -0.05) is 49.8 Å². The van der Waals surface area contributed by atoms with E-state index in [1.54, 1.807) is 0 Å². The molecule has 2 N–H and O–H groups in total. The fourth-order valence-electron chi connectivity index (χ4n) is 2.56. The van der Waals surface area contributed by atoms with Gasteiger partial charge in [0.2, 0.25) is 5.91 Å². The summed E-state index contributed by atoms with van der Waals surface area (Å²) >= 11 is 0. The normalized spacial score (nSPS) is 14.9. The zero-order valence-corrected chi connectivity index (χ0v) is 13.7. The zero-order valence-electron chi connectivity index (χ0n) is 13.7. The Morgan fingerprint density at radius 3 is 2.65 bits per heavy atom. The second-order valence-corrected chi connectivity index (χ2v) is 5.74. The maximum Gasteiger partial charge on any atom is 0.321 e. The lowest BCUT2D eigenvalue weighted by atomic mass is 10.00. The van der Waals surface area contributed by atoms with E-state index < -0.39 is 6.03 Å². The first kappa shape index (κ1) is 17.2. The average Bonchev–Trinajstić information content (AvgIpc) is 2.56. The monoisotopic (exact) mass is 315 g/mol. The van der Waals surface area contributed by atoms with E-state index in [-0.39, 0.29) is 12.5 Å². The Morgan fingerprint density at radius 1 is 1.22 bits per heavy atom. The molecule has 0 fully saturated rings. The average molecular weight is 315 g/mol. The Morgan fingerprint density at radius 2 is 2.00 bits per heavy atom. The lowest BCUT2D eigenvalue weighted by Gasteiger charge is -2.25. The lowest BCUT2D eigenvalue weighted by molar-refractivity contribution is -0.121. The third-order valence-electron chi connectivity index (χ3n) is 3.87. The van der Waals surface area contributed by atoms with Crippen LogP contribution in [0, 0.1) is 0 Å². The van der Waals surface area contributed by atoms with Crippen LogP contribution in [0.25, 0.3) is 5.57 Å². The molecule has 1 aliphatic rings. The topological polar surface area (TPSA) is 61.4 Å². The highest BCUT2D eigenvalue weighted by atomic mass is 16.2. The van der Waals surface area contributed by atoms with Gasteiger partial charge in [0.25, 0.3) is 0 Å². The van der Waals surface area contributed by atoms with Gasteiger partial charge in [-0.2, -0.15) is 0 Å². The first-order chi connectivity index (χ1) is 11.2. The summed E-state index contributed by atoms with van der Waals surface area (Å²) in [4.78, 5) is 25.4. The van der Waals surface area contributed by atoms with Gasteiger partial charge in [0.1, 0.15) is 0 Å². The summed E-state index contributed by atoms with van der Waals surface area (Å²) in [5, 5.41) is 5.06. The standard InChI is InChI=1S/C18H25N3O2/c1-2-3-11-19-18(23)20-17(22)14-21-12-9-16(10-13-21)15-7-5-4-6-8-15/h4-9H,2-3,10-14H2,1H3,(H2,19,20,22,23). The molecule has 0 unspecified atom stereocenters. The number of imide groups is 1. The Balaban J connectivity index is 1.74. The SMILES string of the molecule is CCCCNC(=O)NC(=O)CN1CC=C(c2ccccc2)CC1. The van der Waals surface area contributed by atoms with Crippen molar-refractivity contribution in [3.8, 4) is 0 Å². The lowest BCUT2D eigenvalue weighted by Crippen LogP contribution is -2.45. The van der Waals surface area contributed by atoms with Crippen LogP contribution in [0.4, 0.5) is 4.79 Å². The highest BCUT2D eigenvalue weighted by Gasteiger charge is 2.16. The van der Waals surface area contributed by atoms with Gasteiger partial charge >= 0.3 is 6.03 Å². The molecule has 0 aromatic heterocycles. The molecular weight excluding hydrogens is 290 g/mol. The van der Waals surface area contributed by atoms with E-state index in [2.05, 4.69) is 35.8 Å². The maximum atomic E-state index is 11.9. The molecule has 0 aliphatic carbocycles. The van der Waals surface area contributed by atoms with Gasteiger partial charge in [-0.3, -0.25) is 15.0 Å². The zero-order chi connectivity index (χ0) is 16.5. The van der Waals surface area contributed by atoms with Crippen LogP contribution in [0.2, 0.25) is 0 Å². The molecule has 5 heteroatoms. The van der Waals surface area contributed by atoms with E-state index in [9.17, 15) is 9.59 Å². The molecule has 1 heterocycles. The highest BCUT2D eigenvalue weighted by molar-refractivity contribution is 5.95. The number of amides is 3. The quantitative estimate of drug-likeness (QED) is 0.793. The summed E-state index contributed by atoms with van der Waals surface area (Å²) < 4.78 is 0. The molecule has 0 bridgehead atoms. The third-order valence-corrected chi connectivity index (χ3v) is 3.87. The predicted molar refractivity (Wildman–Crippen MR) is 91.9 cm³/mol. The minimum absolute atomic E-state index is 0.250. The number of hydrogen-bond acceptors (Lipinski definition) is 3. The van der Waals surface area contributed by atoms with E-state index in [0.717, 1.165) is 32.4 Å². The molecule has 0 atom stereocenters. The number of nitrogens with zero attached hydrogens (tertiary/aromatic N) is 1. The van der Waals surface area contributed by atoms with Crippen molar-refractivity contribution in [2.24, 2.45) is 0 Å². The van der Waals surface area contributed by atoms with Crippen LogP contribution >= 0.6 is 0 Å². The van der Waals surface area contributed by atoms with Crippen molar-refractivity contribution in [1.82, 2.24) is 15.5 Å². The number of urea groups is 1. The molecular formula is C18H25N3O2. The summed E-state index contributed by atoms with van der Waals surface area (Å²) in [5.74, 6) is -0.254. The number of unbranched alkanes of at least 4 members (excludes halogenated alkanes) is 1. The minimum atomic E-state index is -0.402. The molecule has 0 radical (unpaired) electrons. The molecule has 2 rings (SSSR count). The van der Waals surface area contributed by atoms with Crippen LogP contribution in [-0.2, 0) is 4.79 Å². The van der Waals surface area contributed by atoms with E-state index in [1.165, 1.54) is 11.1 Å². The first-order valence-electron chi connectivity index (χ1n) is 8.23. The summed E-state index contributed by atoms with van der Waals surface area (Å²) in [5.41, 5.74) is 2.56. The Bertz CT molecular complexity index is 555. The van der Waals surface area contributed by atoms with Gasteiger partial charge in [0, 0.05) is 19.6 Å². The van der Waals surface area contributed by atoms with Gasteiger partial charge in [-0.05, 0) is 24.0 Å². The van der Waals surface area contributed by atoms with E-state index >= 15 is 0 Å². The van der Waals surface area contributed by atoms with Crippen molar-refractivity contribution >= 4 is 17.5 Å². The molecule has 23 heavy (non-hydrogen) atoms. The van der Waals surface area contributed by atoms with Crippen molar-refractivity contribution in [3.05, 3.63) is 42.0 Å². The molecule has 0 saturated carbocycles. The van der Waals surface area contributed by atoms with Crippen molar-refractivity contribution in [2.75, 3.05) is 26.2 Å². The molecule has 1 aliphatic heterocycles. The number of benzene rings is 1. The van der Waals surface area contributed by atoms with Crippen molar-refractivity contribution in [1.29, 1.82) is 0 Å². The van der Waals surface area contributed by atoms with E-state index in [0.29, 0.717) is 6.54 Å². The Hall–Kier alpha value is -2.14. The van der Waals surface area contributed by atoms with Gasteiger partial charge in [-0.25, -0.2) is 4.79 Å². The van der Waals surface area contributed by atoms with Crippen LogP contribution in [0.5, 0.6) is 0 Å². The number of rotatable bonds is 6. The van der Waals surface area contributed by atoms with Crippen LogP contribution in [-0.4, -0.2) is 43.0 Å². The van der Waals surface area contributed by atoms with E-state index in [1.807, 2.05) is 23.1 Å². The summed E-state index contributed by atoms with van der Waals surface area (Å²) in [6.07, 6.45) is 5.01. The van der Waals surface area contributed by atoms with Crippen molar-refractivity contribution < 1.29 is 9.59 Å². The van der Waals surface area contributed by atoms with Gasteiger partial charge in [0.15, 0.2) is 0 Å². The maximum absolute atomic E-state index is 11.9. The number of carbonyl (C=O) groups is 2. The minimum Gasteiger partial charge on any atom is -0.338 e. The number of hydrogen-bond donors (Lipinski definition) is 2. The molecule has 5 nitrogen and oxygen atoms in total. The van der Waals surface area contributed by atoms with Gasteiger partial charge < -0.3 is 5.32 Å². The van der Waals surface area contributed by atoms with Crippen LogP contribution < -0.4 is 10.6 Å². The van der Waals surface area contributed by atoms with Crippen LogP contribution in [0.15, 0.2) is 36.4 Å². The number of nitrogens with one attached hydrogen (secondary N) is 2. The highest BCUT2D eigenvalue weighted by Crippen LogP contribution is 2.21. The largest absolute Gasteiger partial charge is 0.338 e. The van der Waals surface area contributed by atoms with Gasteiger partial charge in [0.05, 0.1) is 6.54 Å². The molecule has 0 saturated heterocycles. The third kappa shape index (κ3) is 5.87. The summed E-state index contributed by atoms with van der Waals surface area (Å²) in [6.45, 7) is 4.46. The molecule has 124 valence electrons. The molecule has 1 aromatic rings. The number of carbonyl (C=O) groups excluding carboxylic acids is 2. The summed E-state index contributed by atoms with van der Waals surface area (Å²) in [6, 6.07) is 9.89. The van der Waals surface area contributed by atoms with Crippen LogP contribution in [0.1, 0.15) is 31.7 Å². The molecule has 1 aromatic carbocycles. The smallest absolute Gasteiger partial charge is 0.321 e. The van der Waals surface area contributed by atoms with E-state index in [4.69, 9.17) is 0 Å². The fraction of sp³-hybridized carbons (Fsp3) is 0.444. The molecule has 3 amide bonds. The van der Waals surface area contributed by atoms with Crippen molar-refractivity contribution in [2.45, 2.75) is 26.2 Å². The van der Waals surface area contributed by atoms with Crippen LogP contribution in [0.3, 0.4) is 0 Å². The fourth-order valence-corrected chi connectivity index (χ4v) is 2.56. The Kier molecular flexibility index (Phi) is 6.81. The first-order valence-corrected chi connectivity index (χ1v) is 8.23. The predicted octanol–water partition coefficient (Wildman–Crippen LogP) is 2.40. The van der Waals surface area contributed by atoms with Gasteiger partial charge in [-0.15, -0.1) is 0 Å². The second kappa shape index (κ2) is 9.10. The second-order valence-electron chi connectivity index (χ2n) is 5.74. The van der Waals surface area contributed by atoms with Crippen molar-refractivity contribution in [3.63, 3.8) is 0 Å². The summed E-state index contributed by atoms with van der Waals surface area (Å²) in [7, 11) is 0.